The summed E-state index contributed by atoms with van der Waals surface area (Å²) in [6.45, 7) is 0. The Morgan fingerprint density at radius 1 is 1.26 bits per heavy atom. The minimum atomic E-state index is 0.105. The molecular formula is C16H16ClNS. The van der Waals surface area contributed by atoms with Crippen LogP contribution in [-0.2, 0) is 6.42 Å². The molecule has 1 saturated carbocycles. The predicted molar refractivity (Wildman–Crippen MR) is 80.7 cm³/mol. The van der Waals surface area contributed by atoms with E-state index in [4.69, 9.17) is 17.3 Å². The number of nitrogens with two attached hydrogens (primary N) is 1. The van der Waals surface area contributed by atoms with Crippen molar-refractivity contribution in [1.29, 1.82) is 0 Å². The van der Waals surface area contributed by atoms with Crippen molar-refractivity contribution in [2.24, 2.45) is 17.6 Å². The van der Waals surface area contributed by atoms with Gasteiger partial charge in [-0.2, -0.15) is 0 Å². The molecule has 2 N–H and O–H groups in total. The van der Waals surface area contributed by atoms with Crippen LogP contribution in [0, 0.1) is 11.8 Å². The second-order valence-corrected chi connectivity index (χ2v) is 7.02. The van der Waals surface area contributed by atoms with Gasteiger partial charge in [0.05, 0.1) is 5.02 Å². The van der Waals surface area contributed by atoms with Crippen LogP contribution >= 0.6 is 22.9 Å². The van der Waals surface area contributed by atoms with Crippen molar-refractivity contribution in [3.63, 3.8) is 0 Å². The first-order chi connectivity index (χ1) is 9.27. The molecule has 4 atom stereocenters. The number of hydrogen-bond donors (Lipinski definition) is 1. The lowest BCUT2D eigenvalue weighted by molar-refractivity contribution is 0.562. The number of thiophene rings is 1. The molecule has 2 aromatic rings. The van der Waals surface area contributed by atoms with Gasteiger partial charge in [0.2, 0.25) is 0 Å². The SMILES string of the molecule is NC(c1sccc1Cl)C1C2CCc3ccccc3C21. The average molecular weight is 290 g/mol. The number of fused-ring (bicyclic) bond motifs is 3. The highest BCUT2D eigenvalue weighted by Crippen LogP contribution is 2.64. The third-order valence-electron chi connectivity index (χ3n) is 4.75. The number of halogens is 1. The van der Waals surface area contributed by atoms with E-state index in [-0.39, 0.29) is 6.04 Å². The van der Waals surface area contributed by atoms with Crippen molar-refractivity contribution < 1.29 is 0 Å². The first-order valence-corrected chi connectivity index (χ1v) is 8.09. The van der Waals surface area contributed by atoms with Crippen LogP contribution in [0.25, 0.3) is 0 Å². The first kappa shape index (κ1) is 12.0. The van der Waals surface area contributed by atoms with E-state index in [1.807, 2.05) is 11.4 Å². The zero-order valence-corrected chi connectivity index (χ0v) is 12.1. The van der Waals surface area contributed by atoms with Crippen LogP contribution in [0.3, 0.4) is 0 Å². The topological polar surface area (TPSA) is 26.0 Å². The number of aryl methyl sites for hydroxylation is 1. The lowest BCUT2D eigenvalue weighted by Crippen LogP contribution is -2.13. The molecule has 1 heterocycles. The maximum absolute atomic E-state index is 6.49. The Kier molecular flexibility index (Phi) is 2.73. The molecular weight excluding hydrogens is 274 g/mol. The zero-order valence-electron chi connectivity index (χ0n) is 10.6. The van der Waals surface area contributed by atoms with E-state index < -0.39 is 0 Å². The Bertz CT molecular complexity index is 621. The lowest BCUT2D eigenvalue weighted by Gasteiger charge is -2.13. The zero-order chi connectivity index (χ0) is 13.0. The minimum Gasteiger partial charge on any atom is -0.323 e. The molecule has 1 aromatic heterocycles. The summed E-state index contributed by atoms with van der Waals surface area (Å²) in [7, 11) is 0. The summed E-state index contributed by atoms with van der Waals surface area (Å²) >= 11 is 7.93. The minimum absolute atomic E-state index is 0.105. The van der Waals surface area contributed by atoms with Gasteiger partial charge in [0, 0.05) is 10.9 Å². The summed E-state index contributed by atoms with van der Waals surface area (Å²) in [5, 5.41) is 2.88. The Balaban J connectivity index is 1.66. The molecule has 1 fully saturated rings. The van der Waals surface area contributed by atoms with Gasteiger partial charge in [-0.05, 0) is 53.2 Å². The number of hydrogen-bond acceptors (Lipinski definition) is 2. The van der Waals surface area contributed by atoms with Crippen LogP contribution in [0.2, 0.25) is 5.02 Å². The van der Waals surface area contributed by atoms with Gasteiger partial charge in [0.25, 0.3) is 0 Å². The van der Waals surface area contributed by atoms with Gasteiger partial charge in [0.1, 0.15) is 0 Å². The molecule has 0 bridgehead atoms. The molecule has 98 valence electrons. The molecule has 2 aliphatic rings. The monoisotopic (exact) mass is 289 g/mol. The van der Waals surface area contributed by atoms with Crippen molar-refractivity contribution in [2.45, 2.75) is 24.8 Å². The van der Waals surface area contributed by atoms with E-state index in [1.165, 1.54) is 28.8 Å². The van der Waals surface area contributed by atoms with Crippen LogP contribution in [-0.4, -0.2) is 0 Å². The highest BCUT2D eigenvalue weighted by molar-refractivity contribution is 7.10. The summed E-state index contributed by atoms with van der Waals surface area (Å²) < 4.78 is 0. The van der Waals surface area contributed by atoms with Gasteiger partial charge in [0.15, 0.2) is 0 Å². The third kappa shape index (κ3) is 1.78. The van der Waals surface area contributed by atoms with Crippen molar-refractivity contribution in [2.75, 3.05) is 0 Å². The number of rotatable bonds is 2. The van der Waals surface area contributed by atoms with Gasteiger partial charge in [-0.25, -0.2) is 0 Å². The molecule has 3 heteroatoms. The maximum atomic E-state index is 6.49. The predicted octanol–water partition coefficient (Wildman–Crippen LogP) is 4.38. The highest BCUT2D eigenvalue weighted by Gasteiger charge is 2.56. The standard InChI is InChI=1S/C16H16ClNS/c17-12-7-8-19-16(12)15(18)14-11-6-5-9-3-1-2-4-10(9)13(11)14/h1-4,7-8,11,13-15H,5-6,18H2. The summed E-state index contributed by atoms with van der Waals surface area (Å²) in [6.07, 6.45) is 2.49. The van der Waals surface area contributed by atoms with E-state index in [2.05, 4.69) is 24.3 Å². The molecule has 0 saturated heterocycles. The molecule has 0 spiro atoms. The van der Waals surface area contributed by atoms with Crippen molar-refractivity contribution in [1.82, 2.24) is 0 Å². The van der Waals surface area contributed by atoms with E-state index in [1.54, 1.807) is 11.3 Å². The smallest absolute Gasteiger partial charge is 0.0561 e. The van der Waals surface area contributed by atoms with Gasteiger partial charge in [-0.1, -0.05) is 35.9 Å². The van der Waals surface area contributed by atoms with Crippen molar-refractivity contribution >= 4 is 22.9 Å². The van der Waals surface area contributed by atoms with Crippen molar-refractivity contribution in [3.05, 3.63) is 56.7 Å². The second-order valence-electron chi connectivity index (χ2n) is 5.66. The van der Waals surface area contributed by atoms with Crippen molar-refractivity contribution in [3.8, 4) is 0 Å². The summed E-state index contributed by atoms with van der Waals surface area (Å²) in [5.41, 5.74) is 9.55. The highest BCUT2D eigenvalue weighted by atomic mass is 35.5. The Morgan fingerprint density at radius 2 is 2.11 bits per heavy atom. The largest absolute Gasteiger partial charge is 0.323 e. The van der Waals surface area contributed by atoms with Gasteiger partial charge >= 0.3 is 0 Å². The molecule has 0 aliphatic heterocycles. The first-order valence-electron chi connectivity index (χ1n) is 6.83. The molecule has 1 aromatic carbocycles. The van der Waals surface area contributed by atoms with E-state index in [9.17, 15) is 0 Å². The van der Waals surface area contributed by atoms with Crippen LogP contribution in [0.1, 0.15) is 34.4 Å². The van der Waals surface area contributed by atoms with Crippen LogP contribution in [0.4, 0.5) is 0 Å². The maximum Gasteiger partial charge on any atom is 0.0561 e. The summed E-state index contributed by atoms with van der Waals surface area (Å²) in [5.74, 6) is 2.01. The molecule has 2 aliphatic carbocycles. The van der Waals surface area contributed by atoms with Crippen LogP contribution in [0.5, 0.6) is 0 Å². The Labute approximate surface area is 122 Å². The lowest BCUT2D eigenvalue weighted by atomic mass is 9.92. The van der Waals surface area contributed by atoms with Gasteiger partial charge < -0.3 is 5.73 Å². The van der Waals surface area contributed by atoms with E-state index in [0.717, 1.165) is 10.9 Å². The molecule has 0 radical (unpaired) electrons. The fraction of sp³-hybridized carbons (Fsp3) is 0.375. The normalized spacial score (nSPS) is 29.5. The van der Waals surface area contributed by atoms with Gasteiger partial charge in [-0.15, -0.1) is 11.3 Å². The van der Waals surface area contributed by atoms with E-state index >= 15 is 0 Å². The van der Waals surface area contributed by atoms with Crippen LogP contribution < -0.4 is 5.73 Å². The number of benzene rings is 1. The summed E-state index contributed by atoms with van der Waals surface area (Å²) in [6, 6.07) is 10.9. The summed E-state index contributed by atoms with van der Waals surface area (Å²) in [4.78, 5) is 1.17. The quantitative estimate of drug-likeness (QED) is 0.872. The molecule has 4 unspecified atom stereocenters. The molecule has 0 amide bonds. The Morgan fingerprint density at radius 3 is 2.89 bits per heavy atom. The molecule has 4 rings (SSSR count). The fourth-order valence-electron chi connectivity index (χ4n) is 3.83. The molecule has 1 nitrogen and oxygen atoms in total. The fourth-order valence-corrected chi connectivity index (χ4v) is 5.07. The Hall–Kier alpha value is -0.830. The van der Waals surface area contributed by atoms with E-state index in [0.29, 0.717) is 11.8 Å². The van der Waals surface area contributed by atoms with Gasteiger partial charge in [-0.3, -0.25) is 0 Å². The average Bonchev–Trinajstić information content (AvgIpc) is 3.04. The second kappa shape index (κ2) is 4.34. The molecule has 19 heavy (non-hydrogen) atoms. The third-order valence-corrected chi connectivity index (χ3v) is 6.21. The van der Waals surface area contributed by atoms with Crippen LogP contribution in [0.15, 0.2) is 35.7 Å².